The van der Waals surface area contributed by atoms with Gasteiger partial charge < -0.3 is 9.47 Å². The molecule has 3 heteroatoms. The molecule has 0 aliphatic carbocycles. The van der Waals surface area contributed by atoms with Crippen molar-refractivity contribution in [3.63, 3.8) is 0 Å². The van der Waals surface area contributed by atoms with Gasteiger partial charge in [0.1, 0.15) is 0 Å². The smallest absolute Gasteiger partial charge is 0.0562 e. The Bertz CT molecular complexity index is 3190. The lowest BCUT2D eigenvalue weighted by atomic mass is 10.0. The summed E-state index contributed by atoms with van der Waals surface area (Å²) in [7, 11) is 0. The Balaban J connectivity index is 1.09. The van der Waals surface area contributed by atoms with Crippen molar-refractivity contribution in [2.24, 2.45) is 0 Å². The van der Waals surface area contributed by atoms with Crippen LogP contribution in [0.2, 0.25) is 0 Å². The molecule has 0 bridgehead atoms. The van der Waals surface area contributed by atoms with Crippen molar-refractivity contribution in [1.82, 2.24) is 4.57 Å². The number of aromatic nitrogens is 1. The topological polar surface area (TPSA) is 8.17 Å². The highest BCUT2D eigenvalue weighted by atomic mass is 32.1. The Kier molecular flexibility index (Phi) is 7.39. The number of hydrogen-bond donors (Lipinski definition) is 0. The van der Waals surface area contributed by atoms with Crippen molar-refractivity contribution in [3.8, 4) is 27.9 Å². The number of para-hydroxylation sites is 2. The van der Waals surface area contributed by atoms with Crippen LogP contribution in [0.3, 0.4) is 0 Å². The maximum Gasteiger partial charge on any atom is 0.0562 e. The molecule has 0 spiro atoms. The zero-order chi connectivity index (χ0) is 36.3. The van der Waals surface area contributed by atoms with E-state index in [1.165, 1.54) is 75.0 Å². The molecule has 0 saturated heterocycles. The lowest BCUT2D eigenvalue weighted by molar-refractivity contribution is 1.18. The maximum atomic E-state index is 2.43. The van der Waals surface area contributed by atoms with Crippen molar-refractivity contribution >= 4 is 81.1 Å². The molecule has 11 rings (SSSR count). The number of nitrogens with zero attached hydrogens (tertiary/aromatic N) is 2. The summed E-state index contributed by atoms with van der Waals surface area (Å²) in [6.45, 7) is 0. The molecule has 0 unspecified atom stereocenters. The minimum absolute atomic E-state index is 1.10. The van der Waals surface area contributed by atoms with E-state index in [0.717, 1.165) is 22.7 Å². The predicted octanol–water partition coefficient (Wildman–Crippen LogP) is 15.1. The van der Waals surface area contributed by atoms with Gasteiger partial charge in [0.2, 0.25) is 0 Å². The summed E-state index contributed by atoms with van der Waals surface area (Å²) in [4.78, 5) is 2.43. The standard InChI is InChI=1S/C52H34N2S/c1-3-13-35(14-4-1)37-17-11-20-43(31-37)53(48-23-12-24-49-52(48)44-21-9-10-22-47(44)54(49)41-18-5-2-6-19-41)42-28-25-36(26-29-42)40-27-30-50-45(33-40)46-32-38-15-7-8-16-39(38)34-51(46)55-50/h1-34H. The number of anilines is 3. The van der Waals surface area contributed by atoms with Crippen molar-refractivity contribution in [2.45, 2.75) is 0 Å². The second kappa shape index (κ2) is 12.9. The highest BCUT2D eigenvalue weighted by molar-refractivity contribution is 7.25. The van der Waals surface area contributed by atoms with E-state index >= 15 is 0 Å². The number of rotatable bonds is 6. The zero-order valence-electron chi connectivity index (χ0n) is 29.9. The van der Waals surface area contributed by atoms with Crippen molar-refractivity contribution < 1.29 is 0 Å². The van der Waals surface area contributed by atoms with E-state index in [1.807, 2.05) is 11.3 Å². The number of fused-ring (bicyclic) bond motifs is 7. The fourth-order valence-corrected chi connectivity index (χ4v) is 9.49. The van der Waals surface area contributed by atoms with Crippen LogP contribution in [0.15, 0.2) is 206 Å². The van der Waals surface area contributed by atoms with Gasteiger partial charge in [-0.15, -0.1) is 11.3 Å². The SMILES string of the molecule is c1ccc(-c2cccc(N(c3ccc(-c4ccc5sc6cc7ccccc7cc6c5c4)cc3)c3cccc4c3c3ccccc3n4-c3ccccc3)c2)cc1. The molecule has 0 aliphatic rings. The van der Waals surface area contributed by atoms with Gasteiger partial charge in [0.15, 0.2) is 0 Å². The van der Waals surface area contributed by atoms with E-state index in [4.69, 9.17) is 0 Å². The minimum atomic E-state index is 1.10. The van der Waals surface area contributed by atoms with E-state index in [9.17, 15) is 0 Å². The van der Waals surface area contributed by atoms with Crippen molar-refractivity contribution in [2.75, 3.05) is 4.90 Å². The summed E-state index contributed by atoms with van der Waals surface area (Å²) in [5, 5.41) is 7.65. The summed E-state index contributed by atoms with van der Waals surface area (Å²) in [6, 6.07) is 75.2. The van der Waals surface area contributed by atoms with Crippen LogP contribution in [0.1, 0.15) is 0 Å². The average molecular weight is 719 g/mol. The molecule has 2 aromatic heterocycles. The molecular formula is C52H34N2S. The third-order valence-electron chi connectivity index (χ3n) is 10.9. The summed E-state index contributed by atoms with van der Waals surface area (Å²) in [6.07, 6.45) is 0. The molecule has 0 N–H and O–H groups in total. The molecule has 2 nitrogen and oxygen atoms in total. The molecule has 0 atom stereocenters. The number of thiophene rings is 1. The summed E-state index contributed by atoms with van der Waals surface area (Å²) < 4.78 is 5.04. The monoisotopic (exact) mass is 718 g/mol. The molecule has 258 valence electrons. The Morgan fingerprint density at radius 2 is 0.982 bits per heavy atom. The molecule has 11 aromatic rings. The van der Waals surface area contributed by atoms with E-state index in [2.05, 4.69) is 216 Å². The van der Waals surface area contributed by atoms with Crippen molar-refractivity contribution in [1.29, 1.82) is 0 Å². The van der Waals surface area contributed by atoms with Gasteiger partial charge in [0.25, 0.3) is 0 Å². The molecule has 0 saturated carbocycles. The van der Waals surface area contributed by atoms with Gasteiger partial charge in [0.05, 0.1) is 16.7 Å². The van der Waals surface area contributed by atoms with Crippen LogP contribution in [0.25, 0.3) is 80.7 Å². The highest BCUT2D eigenvalue weighted by Gasteiger charge is 2.21. The molecular weight excluding hydrogens is 685 g/mol. The third kappa shape index (κ3) is 5.32. The first-order valence-electron chi connectivity index (χ1n) is 18.8. The third-order valence-corrected chi connectivity index (χ3v) is 12.1. The second-order valence-corrected chi connectivity index (χ2v) is 15.3. The highest BCUT2D eigenvalue weighted by Crippen LogP contribution is 2.45. The zero-order valence-corrected chi connectivity index (χ0v) is 30.7. The van der Waals surface area contributed by atoms with Crippen LogP contribution in [0.4, 0.5) is 17.1 Å². The minimum Gasteiger partial charge on any atom is -0.310 e. The lowest BCUT2D eigenvalue weighted by Crippen LogP contribution is -2.10. The number of hydrogen-bond acceptors (Lipinski definition) is 2. The first-order valence-corrected chi connectivity index (χ1v) is 19.6. The van der Waals surface area contributed by atoms with Crippen molar-refractivity contribution in [3.05, 3.63) is 206 Å². The molecule has 0 aliphatic heterocycles. The van der Waals surface area contributed by atoms with Gasteiger partial charge in [-0.3, -0.25) is 0 Å². The van der Waals surface area contributed by atoms with Gasteiger partial charge in [-0.2, -0.15) is 0 Å². The van der Waals surface area contributed by atoms with E-state index in [1.54, 1.807) is 0 Å². The van der Waals surface area contributed by atoms with Gasteiger partial charge >= 0.3 is 0 Å². The maximum absolute atomic E-state index is 2.43. The van der Waals surface area contributed by atoms with Crippen LogP contribution < -0.4 is 4.90 Å². The van der Waals surface area contributed by atoms with E-state index in [-0.39, 0.29) is 0 Å². The Morgan fingerprint density at radius 1 is 0.364 bits per heavy atom. The number of benzene rings is 9. The Hall–Kier alpha value is -6.94. The molecule has 2 heterocycles. The lowest BCUT2D eigenvalue weighted by Gasteiger charge is -2.27. The summed E-state index contributed by atoms with van der Waals surface area (Å²) in [5.74, 6) is 0. The molecule has 0 radical (unpaired) electrons. The molecule has 0 amide bonds. The summed E-state index contributed by atoms with van der Waals surface area (Å²) in [5.41, 5.74) is 11.7. The van der Waals surface area contributed by atoms with Gasteiger partial charge in [-0.1, -0.05) is 127 Å². The fourth-order valence-electron chi connectivity index (χ4n) is 8.37. The molecule has 0 fully saturated rings. The average Bonchev–Trinajstić information content (AvgIpc) is 3.79. The van der Waals surface area contributed by atoms with Gasteiger partial charge in [0, 0.05) is 48.0 Å². The second-order valence-electron chi connectivity index (χ2n) is 14.2. The predicted molar refractivity (Wildman–Crippen MR) is 237 cm³/mol. The quantitative estimate of drug-likeness (QED) is 0.166. The first kappa shape index (κ1) is 31.6. The molecule has 55 heavy (non-hydrogen) atoms. The van der Waals surface area contributed by atoms with Crippen LogP contribution in [0.5, 0.6) is 0 Å². The fraction of sp³-hybridized carbons (Fsp3) is 0. The van der Waals surface area contributed by atoms with Crippen LogP contribution >= 0.6 is 11.3 Å². The molecule has 9 aromatic carbocycles. The van der Waals surface area contributed by atoms with E-state index in [0.29, 0.717) is 0 Å². The van der Waals surface area contributed by atoms with E-state index < -0.39 is 0 Å². The normalized spacial score (nSPS) is 11.6. The van der Waals surface area contributed by atoms with Crippen LogP contribution in [-0.2, 0) is 0 Å². The Labute approximate surface area is 323 Å². The van der Waals surface area contributed by atoms with Crippen LogP contribution in [0, 0.1) is 0 Å². The van der Waals surface area contributed by atoms with Gasteiger partial charge in [-0.25, -0.2) is 0 Å². The first-order chi connectivity index (χ1) is 27.3. The van der Waals surface area contributed by atoms with Gasteiger partial charge in [-0.05, 0) is 112 Å². The summed E-state index contributed by atoms with van der Waals surface area (Å²) >= 11 is 1.87. The largest absolute Gasteiger partial charge is 0.310 e. The Morgan fingerprint density at radius 3 is 1.82 bits per heavy atom. The van der Waals surface area contributed by atoms with Crippen LogP contribution in [-0.4, -0.2) is 4.57 Å².